The largest absolute Gasteiger partial charge is 0.480 e. The molecule has 0 radical (unpaired) electrons. The minimum atomic E-state index is -1.04. The van der Waals surface area contributed by atoms with Crippen molar-refractivity contribution >= 4 is 24.5 Å². The van der Waals surface area contributed by atoms with Crippen LogP contribution < -0.4 is 5.32 Å². The van der Waals surface area contributed by atoms with Crippen LogP contribution in [0.2, 0.25) is 0 Å². The molecule has 1 atom stereocenters. The summed E-state index contributed by atoms with van der Waals surface area (Å²) in [4.78, 5) is 22.0. The summed E-state index contributed by atoms with van der Waals surface area (Å²) >= 11 is 3.78. The minimum absolute atomic E-state index is 0.0153. The van der Waals surface area contributed by atoms with Crippen LogP contribution in [0.15, 0.2) is 30.3 Å². The van der Waals surface area contributed by atoms with E-state index < -0.39 is 12.0 Å². The van der Waals surface area contributed by atoms with Crippen molar-refractivity contribution in [3.05, 3.63) is 35.9 Å². The third kappa shape index (κ3) is 3.94. The first-order valence-electron chi connectivity index (χ1n) is 4.80. The van der Waals surface area contributed by atoms with Gasteiger partial charge in [0.1, 0.15) is 6.04 Å². The zero-order valence-corrected chi connectivity index (χ0v) is 9.48. The monoisotopic (exact) mass is 239 g/mol. The van der Waals surface area contributed by atoms with E-state index in [0.717, 1.165) is 5.56 Å². The first kappa shape index (κ1) is 12.6. The molecular formula is C11H13NO3S. The summed E-state index contributed by atoms with van der Waals surface area (Å²) in [6.07, 6.45) is 0.274. The molecule has 0 unspecified atom stereocenters. The highest BCUT2D eigenvalue weighted by Gasteiger charge is 2.19. The second-order valence-corrected chi connectivity index (χ2v) is 3.62. The van der Waals surface area contributed by atoms with Gasteiger partial charge in [-0.25, -0.2) is 4.79 Å². The van der Waals surface area contributed by atoms with Gasteiger partial charge < -0.3 is 10.4 Å². The topological polar surface area (TPSA) is 66.4 Å². The molecule has 0 spiro atoms. The maximum absolute atomic E-state index is 11.1. The normalized spacial score (nSPS) is 11.8. The molecule has 1 amide bonds. The van der Waals surface area contributed by atoms with Crippen molar-refractivity contribution in [2.24, 2.45) is 0 Å². The Morgan fingerprint density at radius 2 is 1.94 bits per heavy atom. The highest BCUT2D eigenvalue weighted by Crippen LogP contribution is 2.03. The van der Waals surface area contributed by atoms with Crippen LogP contribution in [0.5, 0.6) is 0 Å². The average Bonchev–Trinajstić information content (AvgIpc) is 2.29. The van der Waals surface area contributed by atoms with Crippen molar-refractivity contribution in [3.63, 3.8) is 0 Å². The van der Waals surface area contributed by atoms with E-state index in [1.807, 2.05) is 30.3 Å². The van der Waals surface area contributed by atoms with Crippen molar-refractivity contribution in [1.82, 2.24) is 5.32 Å². The smallest absolute Gasteiger partial charge is 0.326 e. The number of carboxylic acids is 1. The van der Waals surface area contributed by atoms with Gasteiger partial charge in [0.05, 0.1) is 5.75 Å². The van der Waals surface area contributed by atoms with Gasteiger partial charge in [0, 0.05) is 6.42 Å². The number of nitrogens with one attached hydrogen (secondary N) is 1. The van der Waals surface area contributed by atoms with Gasteiger partial charge in [-0.05, 0) is 5.56 Å². The van der Waals surface area contributed by atoms with Gasteiger partial charge in [0.25, 0.3) is 0 Å². The van der Waals surface area contributed by atoms with E-state index in [-0.39, 0.29) is 18.1 Å². The van der Waals surface area contributed by atoms with Crippen molar-refractivity contribution in [3.8, 4) is 0 Å². The van der Waals surface area contributed by atoms with Crippen LogP contribution in [0.25, 0.3) is 0 Å². The van der Waals surface area contributed by atoms with E-state index in [9.17, 15) is 9.59 Å². The van der Waals surface area contributed by atoms with Gasteiger partial charge in [-0.2, -0.15) is 12.6 Å². The number of hydrogen-bond donors (Lipinski definition) is 3. The lowest BCUT2D eigenvalue weighted by atomic mass is 10.1. The maximum Gasteiger partial charge on any atom is 0.326 e. The van der Waals surface area contributed by atoms with E-state index in [1.165, 1.54) is 0 Å². The SMILES string of the molecule is O=C(CS)N[C@H](Cc1ccccc1)C(=O)O. The highest BCUT2D eigenvalue weighted by molar-refractivity contribution is 7.81. The number of thiol groups is 1. The Hall–Kier alpha value is -1.49. The molecule has 0 aromatic heterocycles. The predicted molar refractivity (Wildman–Crippen MR) is 63.6 cm³/mol. The highest BCUT2D eigenvalue weighted by atomic mass is 32.1. The average molecular weight is 239 g/mol. The molecule has 0 heterocycles. The fraction of sp³-hybridized carbons (Fsp3) is 0.273. The number of benzene rings is 1. The number of carbonyl (C=O) groups excluding carboxylic acids is 1. The molecule has 0 saturated carbocycles. The van der Waals surface area contributed by atoms with Crippen molar-refractivity contribution in [2.45, 2.75) is 12.5 Å². The predicted octanol–water partition coefficient (Wildman–Crippen LogP) is 0.728. The molecule has 16 heavy (non-hydrogen) atoms. The van der Waals surface area contributed by atoms with Crippen molar-refractivity contribution < 1.29 is 14.7 Å². The van der Waals surface area contributed by atoms with Crippen LogP contribution in [0, 0.1) is 0 Å². The van der Waals surface area contributed by atoms with Gasteiger partial charge in [0.2, 0.25) is 5.91 Å². The molecule has 0 saturated heterocycles. The summed E-state index contributed by atoms with van der Waals surface area (Å²) in [6, 6.07) is 8.25. The van der Waals surface area contributed by atoms with Gasteiger partial charge >= 0.3 is 5.97 Å². The van der Waals surface area contributed by atoms with E-state index in [2.05, 4.69) is 17.9 Å². The van der Waals surface area contributed by atoms with E-state index in [1.54, 1.807) is 0 Å². The Bertz CT molecular complexity index is 367. The number of rotatable bonds is 5. The Balaban J connectivity index is 2.65. The zero-order chi connectivity index (χ0) is 12.0. The van der Waals surface area contributed by atoms with Gasteiger partial charge in [0.15, 0.2) is 0 Å². The van der Waals surface area contributed by atoms with Gasteiger partial charge in [-0.1, -0.05) is 30.3 Å². The summed E-state index contributed by atoms with van der Waals surface area (Å²) in [7, 11) is 0. The number of aliphatic carboxylic acids is 1. The molecule has 1 aromatic rings. The molecule has 0 fully saturated rings. The van der Waals surface area contributed by atoms with Crippen molar-refractivity contribution in [2.75, 3.05) is 5.75 Å². The summed E-state index contributed by atoms with van der Waals surface area (Å²) in [5.41, 5.74) is 0.870. The second-order valence-electron chi connectivity index (χ2n) is 3.31. The Kier molecular flexibility index (Phi) is 4.85. The van der Waals surface area contributed by atoms with Gasteiger partial charge in [-0.3, -0.25) is 4.79 Å². The molecule has 0 aliphatic carbocycles. The molecule has 5 heteroatoms. The molecular weight excluding hydrogens is 226 g/mol. The minimum Gasteiger partial charge on any atom is -0.480 e. The number of hydrogen-bond acceptors (Lipinski definition) is 3. The van der Waals surface area contributed by atoms with E-state index in [4.69, 9.17) is 5.11 Å². The fourth-order valence-electron chi connectivity index (χ4n) is 1.29. The maximum atomic E-state index is 11.1. The van der Waals surface area contributed by atoms with E-state index >= 15 is 0 Å². The molecule has 4 nitrogen and oxygen atoms in total. The van der Waals surface area contributed by atoms with Crippen LogP contribution in [-0.2, 0) is 16.0 Å². The molecule has 1 aromatic carbocycles. The summed E-state index contributed by atoms with van der Waals surface area (Å²) in [5.74, 6) is -1.44. The number of amides is 1. The quantitative estimate of drug-likeness (QED) is 0.664. The lowest BCUT2D eigenvalue weighted by molar-refractivity contribution is -0.141. The second kappa shape index (κ2) is 6.17. The Labute approximate surface area is 99.1 Å². The van der Waals surface area contributed by atoms with Gasteiger partial charge in [-0.15, -0.1) is 0 Å². The van der Waals surface area contributed by atoms with E-state index in [0.29, 0.717) is 0 Å². The molecule has 86 valence electrons. The van der Waals surface area contributed by atoms with Crippen LogP contribution in [0.3, 0.4) is 0 Å². The fourth-order valence-corrected chi connectivity index (χ4v) is 1.38. The molecule has 0 aliphatic rings. The Morgan fingerprint density at radius 1 is 1.31 bits per heavy atom. The summed E-state index contributed by atoms with van der Waals surface area (Å²) < 4.78 is 0. The number of carboxylic acid groups (broad SMARTS) is 1. The Morgan fingerprint density at radius 3 is 2.44 bits per heavy atom. The zero-order valence-electron chi connectivity index (χ0n) is 8.59. The third-order valence-corrected chi connectivity index (χ3v) is 2.35. The molecule has 0 aliphatic heterocycles. The first-order chi connectivity index (χ1) is 7.63. The summed E-state index contributed by atoms with van der Waals surface area (Å²) in [5, 5.41) is 11.3. The first-order valence-corrected chi connectivity index (χ1v) is 5.43. The third-order valence-electron chi connectivity index (χ3n) is 2.06. The molecule has 1 rings (SSSR count). The standard InChI is InChI=1S/C11H13NO3S/c13-10(7-16)12-9(11(14)15)6-8-4-2-1-3-5-8/h1-5,9,16H,6-7H2,(H,12,13)(H,14,15)/t9-/m1/s1. The van der Waals surface area contributed by atoms with Crippen molar-refractivity contribution in [1.29, 1.82) is 0 Å². The number of carbonyl (C=O) groups is 2. The summed E-state index contributed by atoms with van der Waals surface area (Å²) in [6.45, 7) is 0. The van der Waals surface area contributed by atoms with Crippen LogP contribution in [0.4, 0.5) is 0 Å². The van der Waals surface area contributed by atoms with Crippen LogP contribution in [0.1, 0.15) is 5.56 Å². The molecule has 2 N–H and O–H groups in total. The molecule has 0 bridgehead atoms. The lowest BCUT2D eigenvalue weighted by Crippen LogP contribution is -2.42. The lowest BCUT2D eigenvalue weighted by Gasteiger charge is -2.13. The van der Waals surface area contributed by atoms with Crippen LogP contribution >= 0.6 is 12.6 Å². The van der Waals surface area contributed by atoms with Crippen LogP contribution in [-0.4, -0.2) is 28.8 Å².